The number of fused-ring (bicyclic) bond motifs is 1. The van der Waals surface area contributed by atoms with E-state index in [1.807, 2.05) is 18.5 Å². The molecule has 1 aliphatic rings. The van der Waals surface area contributed by atoms with Crippen LogP contribution < -0.4 is 0 Å². The molecule has 82 valence electrons. The Morgan fingerprint density at radius 3 is 3.00 bits per heavy atom. The van der Waals surface area contributed by atoms with Gasteiger partial charge in [-0.2, -0.15) is 5.10 Å². The second-order valence-corrected chi connectivity index (χ2v) is 4.10. The van der Waals surface area contributed by atoms with Gasteiger partial charge >= 0.3 is 5.97 Å². The van der Waals surface area contributed by atoms with Crippen molar-refractivity contribution < 1.29 is 9.90 Å². The summed E-state index contributed by atoms with van der Waals surface area (Å²) in [6.07, 6.45) is 2.25. The Labute approximate surface area is 88.9 Å². The summed E-state index contributed by atoms with van der Waals surface area (Å²) in [6.45, 7) is 4.87. The number of rotatable bonds is 2. The highest BCUT2D eigenvalue weighted by molar-refractivity contribution is 5.70. The van der Waals surface area contributed by atoms with Crippen LogP contribution in [0.4, 0.5) is 0 Å². The van der Waals surface area contributed by atoms with Gasteiger partial charge in [-0.1, -0.05) is 0 Å². The molecule has 0 aromatic carbocycles. The number of aromatic nitrogens is 2. The number of hydrogen-bond donors (Lipinski definition) is 1. The zero-order chi connectivity index (χ0) is 11.0. The van der Waals surface area contributed by atoms with E-state index in [1.165, 1.54) is 5.56 Å². The van der Waals surface area contributed by atoms with Gasteiger partial charge in [-0.05, 0) is 32.3 Å². The summed E-state index contributed by atoms with van der Waals surface area (Å²) in [4.78, 5) is 10.9. The molecule has 1 aliphatic carbocycles. The predicted molar refractivity (Wildman–Crippen MR) is 55.8 cm³/mol. The van der Waals surface area contributed by atoms with Crippen molar-refractivity contribution in [3.8, 4) is 0 Å². The molecule has 1 unspecified atom stereocenters. The van der Waals surface area contributed by atoms with E-state index in [4.69, 9.17) is 5.11 Å². The Balaban J connectivity index is 2.35. The standard InChI is InChI=1S/C11H16N2O2/c1-3-13-10-6-8(11(14)15)4-5-9(10)7(2)12-13/h8H,3-6H2,1-2H3,(H,14,15). The molecule has 2 rings (SSSR count). The van der Waals surface area contributed by atoms with Crippen LogP contribution in [0, 0.1) is 12.8 Å². The summed E-state index contributed by atoms with van der Waals surface area (Å²) in [6, 6.07) is 0. The molecule has 0 spiro atoms. The Morgan fingerprint density at radius 1 is 1.67 bits per heavy atom. The number of carboxylic acids is 1. The van der Waals surface area contributed by atoms with Crippen LogP contribution in [0.25, 0.3) is 0 Å². The van der Waals surface area contributed by atoms with Crippen molar-refractivity contribution in [2.24, 2.45) is 5.92 Å². The lowest BCUT2D eigenvalue weighted by Crippen LogP contribution is -2.23. The van der Waals surface area contributed by atoms with Crippen LogP contribution in [0.3, 0.4) is 0 Å². The topological polar surface area (TPSA) is 55.1 Å². The summed E-state index contributed by atoms with van der Waals surface area (Å²) in [5.74, 6) is -0.902. The molecule has 0 radical (unpaired) electrons. The number of carboxylic acid groups (broad SMARTS) is 1. The van der Waals surface area contributed by atoms with E-state index in [2.05, 4.69) is 5.10 Å². The average molecular weight is 208 g/mol. The predicted octanol–water partition coefficient (Wildman–Crippen LogP) is 1.40. The molecular formula is C11H16N2O2. The van der Waals surface area contributed by atoms with Crippen molar-refractivity contribution >= 4 is 5.97 Å². The van der Waals surface area contributed by atoms with Crippen LogP contribution in [-0.2, 0) is 24.2 Å². The Kier molecular flexibility index (Phi) is 2.50. The molecule has 1 aromatic rings. The molecule has 0 saturated carbocycles. The van der Waals surface area contributed by atoms with Gasteiger partial charge in [-0.25, -0.2) is 0 Å². The van der Waals surface area contributed by atoms with Gasteiger partial charge in [0.05, 0.1) is 11.6 Å². The summed E-state index contributed by atoms with van der Waals surface area (Å²) in [7, 11) is 0. The van der Waals surface area contributed by atoms with Crippen LogP contribution in [0.2, 0.25) is 0 Å². The monoisotopic (exact) mass is 208 g/mol. The lowest BCUT2D eigenvalue weighted by Gasteiger charge is -2.19. The molecule has 0 fully saturated rings. The Morgan fingerprint density at radius 2 is 2.40 bits per heavy atom. The fourth-order valence-corrected chi connectivity index (χ4v) is 2.35. The second-order valence-electron chi connectivity index (χ2n) is 4.10. The van der Waals surface area contributed by atoms with E-state index in [0.29, 0.717) is 6.42 Å². The summed E-state index contributed by atoms with van der Waals surface area (Å²) < 4.78 is 1.94. The van der Waals surface area contributed by atoms with E-state index >= 15 is 0 Å². The molecule has 1 aromatic heterocycles. The molecule has 0 amide bonds. The first-order chi connectivity index (χ1) is 7.13. The van der Waals surface area contributed by atoms with Gasteiger partial charge in [-0.3, -0.25) is 9.48 Å². The van der Waals surface area contributed by atoms with E-state index in [9.17, 15) is 4.79 Å². The Hall–Kier alpha value is -1.32. The van der Waals surface area contributed by atoms with E-state index in [0.717, 1.165) is 30.8 Å². The number of nitrogens with zero attached hydrogens (tertiary/aromatic N) is 2. The largest absolute Gasteiger partial charge is 0.481 e. The maximum atomic E-state index is 10.9. The lowest BCUT2D eigenvalue weighted by molar-refractivity contribution is -0.142. The second kappa shape index (κ2) is 3.68. The molecule has 4 nitrogen and oxygen atoms in total. The van der Waals surface area contributed by atoms with Gasteiger partial charge in [0.15, 0.2) is 0 Å². The molecule has 1 heterocycles. The number of aryl methyl sites for hydroxylation is 2. The highest BCUT2D eigenvalue weighted by atomic mass is 16.4. The van der Waals surface area contributed by atoms with Crippen LogP contribution in [0.15, 0.2) is 0 Å². The minimum absolute atomic E-state index is 0.223. The van der Waals surface area contributed by atoms with E-state index in [-0.39, 0.29) is 5.92 Å². The quantitative estimate of drug-likeness (QED) is 0.799. The highest BCUT2D eigenvalue weighted by Gasteiger charge is 2.28. The fourth-order valence-electron chi connectivity index (χ4n) is 2.35. The third kappa shape index (κ3) is 1.64. The number of aliphatic carboxylic acids is 1. The van der Waals surface area contributed by atoms with Crippen molar-refractivity contribution in [3.63, 3.8) is 0 Å². The normalized spacial score (nSPS) is 20.0. The number of carbonyl (C=O) groups is 1. The molecular weight excluding hydrogens is 192 g/mol. The highest BCUT2D eigenvalue weighted by Crippen LogP contribution is 2.27. The van der Waals surface area contributed by atoms with Gasteiger partial charge in [0.2, 0.25) is 0 Å². The summed E-state index contributed by atoms with van der Waals surface area (Å²) >= 11 is 0. The summed E-state index contributed by atoms with van der Waals surface area (Å²) in [5.41, 5.74) is 3.47. The summed E-state index contributed by atoms with van der Waals surface area (Å²) in [5, 5.41) is 13.4. The van der Waals surface area contributed by atoms with E-state index in [1.54, 1.807) is 0 Å². The van der Waals surface area contributed by atoms with Crippen molar-refractivity contribution in [2.45, 2.75) is 39.7 Å². The minimum Gasteiger partial charge on any atom is -0.481 e. The smallest absolute Gasteiger partial charge is 0.306 e. The molecule has 0 bridgehead atoms. The van der Waals surface area contributed by atoms with Crippen LogP contribution in [0.1, 0.15) is 30.3 Å². The van der Waals surface area contributed by atoms with Crippen molar-refractivity contribution in [2.75, 3.05) is 0 Å². The SMILES string of the molecule is CCn1nc(C)c2c1CC(C(=O)O)CC2. The molecule has 15 heavy (non-hydrogen) atoms. The van der Waals surface area contributed by atoms with Gasteiger partial charge in [-0.15, -0.1) is 0 Å². The number of hydrogen-bond acceptors (Lipinski definition) is 2. The fraction of sp³-hybridized carbons (Fsp3) is 0.636. The molecule has 0 aliphatic heterocycles. The molecule has 1 N–H and O–H groups in total. The maximum absolute atomic E-state index is 10.9. The molecule has 1 atom stereocenters. The lowest BCUT2D eigenvalue weighted by atomic mass is 9.87. The van der Waals surface area contributed by atoms with Crippen molar-refractivity contribution in [3.05, 3.63) is 17.0 Å². The maximum Gasteiger partial charge on any atom is 0.306 e. The van der Waals surface area contributed by atoms with Crippen LogP contribution in [-0.4, -0.2) is 20.9 Å². The molecule has 0 saturated heterocycles. The van der Waals surface area contributed by atoms with Crippen LogP contribution in [0.5, 0.6) is 0 Å². The van der Waals surface area contributed by atoms with E-state index < -0.39 is 5.97 Å². The first-order valence-corrected chi connectivity index (χ1v) is 5.41. The van der Waals surface area contributed by atoms with Gasteiger partial charge in [0, 0.05) is 18.7 Å². The minimum atomic E-state index is -0.679. The van der Waals surface area contributed by atoms with Crippen molar-refractivity contribution in [1.82, 2.24) is 9.78 Å². The first kappa shape index (κ1) is 10.2. The van der Waals surface area contributed by atoms with Crippen molar-refractivity contribution in [1.29, 1.82) is 0 Å². The third-order valence-electron chi connectivity index (χ3n) is 3.20. The van der Waals surface area contributed by atoms with Gasteiger partial charge < -0.3 is 5.11 Å². The van der Waals surface area contributed by atoms with Gasteiger partial charge in [0.25, 0.3) is 0 Å². The third-order valence-corrected chi connectivity index (χ3v) is 3.20. The Bertz CT molecular complexity index is 396. The zero-order valence-electron chi connectivity index (χ0n) is 9.16. The average Bonchev–Trinajstić information content (AvgIpc) is 2.55. The van der Waals surface area contributed by atoms with Crippen LogP contribution >= 0.6 is 0 Å². The van der Waals surface area contributed by atoms with Gasteiger partial charge in [0.1, 0.15) is 0 Å². The molecule has 4 heteroatoms. The first-order valence-electron chi connectivity index (χ1n) is 5.41. The zero-order valence-corrected chi connectivity index (χ0v) is 9.16.